The predicted molar refractivity (Wildman–Crippen MR) is 67.1 cm³/mol. The summed E-state index contributed by atoms with van der Waals surface area (Å²) in [5, 5.41) is 2.57. The Kier molecular flexibility index (Phi) is 4.62. The SMILES string of the molecule is CC(C)NC(=O)CNS(=O)(=O)c1cccnc1N. The third-order valence-electron chi connectivity index (χ3n) is 1.96. The summed E-state index contributed by atoms with van der Waals surface area (Å²) in [7, 11) is -3.82. The number of aromatic nitrogens is 1. The first-order valence-corrected chi connectivity index (χ1v) is 6.81. The lowest BCUT2D eigenvalue weighted by Gasteiger charge is -2.10. The minimum absolute atomic E-state index is 0.0505. The molecule has 1 rings (SSSR count). The van der Waals surface area contributed by atoms with Crippen molar-refractivity contribution < 1.29 is 13.2 Å². The lowest BCUT2D eigenvalue weighted by molar-refractivity contribution is -0.120. The van der Waals surface area contributed by atoms with E-state index in [4.69, 9.17) is 5.73 Å². The van der Waals surface area contributed by atoms with Gasteiger partial charge in [-0.3, -0.25) is 4.79 Å². The molecule has 18 heavy (non-hydrogen) atoms. The van der Waals surface area contributed by atoms with Gasteiger partial charge in [-0.15, -0.1) is 0 Å². The van der Waals surface area contributed by atoms with Gasteiger partial charge in [0.15, 0.2) is 0 Å². The minimum Gasteiger partial charge on any atom is -0.383 e. The highest BCUT2D eigenvalue weighted by molar-refractivity contribution is 7.89. The highest BCUT2D eigenvalue weighted by Crippen LogP contribution is 2.13. The second-order valence-electron chi connectivity index (χ2n) is 3.93. The van der Waals surface area contributed by atoms with Crippen molar-refractivity contribution in [3.05, 3.63) is 18.3 Å². The zero-order valence-corrected chi connectivity index (χ0v) is 11.0. The van der Waals surface area contributed by atoms with Crippen LogP contribution in [0.25, 0.3) is 0 Å². The minimum atomic E-state index is -3.82. The van der Waals surface area contributed by atoms with Crippen LogP contribution in [0.1, 0.15) is 13.8 Å². The maximum atomic E-state index is 11.8. The van der Waals surface area contributed by atoms with E-state index < -0.39 is 15.9 Å². The van der Waals surface area contributed by atoms with Gasteiger partial charge in [-0.25, -0.2) is 18.1 Å². The summed E-state index contributed by atoms with van der Waals surface area (Å²) in [6.07, 6.45) is 1.39. The molecule has 0 aliphatic heterocycles. The number of nitrogens with one attached hydrogen (secondary N) is 2. The van der Waals surface area contributed by atoms with E-state index in [9.17, 15) is 13.2 Å². The first-order chi connectivity index (χ1) is 8.33. The molecular formula is C10H16N4O3S. The first kappa shape index (κ1) is 14.4. The van der Waals surface area contributed by atoms with E-state index >= 15 is 0 Å². The van der Waals surface area contributed by atoms with Crippen LogP contribution in [-0.4, -0.2) is 31.9 Å². The van der Waals surface area contributed by atoms with Crippen LogP contribution < -0.4 is 15.8 Å². The topological polar surface area (TPSA) is 114 Å². The number of nitrogens with zero attached hydrogens (tertiary/aromatic N) is 1. The van der Waals surface area contributed by atoms with Gasteiger partial charge in [-0.05, 0) is 26.0 Å². The highest BCUT2D eigenvalue weighted by Gasteiger charge is 2.18. The largest absolute Gasteiger partial charge is 0.383 e. The van der Waals surface area contributed by atoms with Crippen LogP contribution in [0.4, 0.5) is 5.82 Å². The standard InChI is InChI=1S/C10H16N4O3S/c1-7(2)14-9(15)6-13-18(16,17)8-4-3-5-12-10(8)11/h3-5,7,13H,6H2,1-2H3,(H2,11,12)(H,14,15). The summed E-state index contributed by atoms with van der Waals surface area (Å²) in [6.45, 7) is 3.23. The van der Waals surface area contributed by atoms with Gasteiger partial charge in [0.05, 0.1) is 6.54 Å². The van der Waals surface area contributed by atoms with Crippen LogP contribution in [0.3, 0.4) is 0 Å². The van der Waals surface area contributed by atoms with Gasteiger partial charge in [-0.1, -0.05) is 0 Å². The quantitative estimate of drug-likeness (QED) is 0.666. The Labute approximate surface area is 106 Å². The molecule has 0 aliphatic carbocycles. The summed E-state index contributed by atoms with van der Waals surface area (Å²) in [6, 6.07) is 2.73. The average Bonchev–Trinajstić information content (AvgIpc) is 2.26. The average molecular weight is 272 g/mol. The van der Waals surface area contributed by atoms with E-state index in [0.29, 0.717) is 0 Å². The molecule has 0 atom stereocenters. The zero-order valence-electron chi connectivity index (χ0n) is 10.2. The summed E-state index contributed by atoms with van der Waals surface area (Å²) in [5.41, 5.74) is 5.46. The van der Waals surface area contributed by atoms with Crippen LogP contribution in [0, 0.1) is 0 Å². The van der Waals surface area contributed by atoms with Gasteiger partial charge < -0.3 is 11.1 Å². The van der Waals surface area contributed by atoms with Crippen LogP contribution >= 0.6 is 0 Å². The smallest absolute Gasteiger partial charge is 0.244 e. The molecule has 1 aromatic heterocycles. The maximum Gasteiger partial charge on any atom is 0.244 e. The number of anilines is 1. The van der Waals surface area contributed by atoms with E-state index in [1.165, 1.54) is 18.3 Å². The van der Waals surface area contributed by atoms with Crippen molar-refractivity contribution in [3.63, 3.8) is 0 Å². The fourth-order valence-corrected chi connectivity index (χ4v) is 2.30. The number of nitrogen functional groups attached to an aromatic ring is 1. The molecule has 7 nitrogen and oxygen atoms in total. The Hall–Kier alpha value is -1.67. The van der Waals surface area contributed by atoms with Crippen LogP contribution in [0.15, 0.2) is 23.2 Å². The molecule has 0 aliphatic rings. The molecule has 0 radical (unpaired) electrons. The molecule has 100 valence electrons. The lowest BCUT2D eigenvalue weighted by Crippen LogP contribution is -2.39. The van der Waals surface area contributed by atoms with Crippen LogP contribution in [-0.2, 0) is 14.8 Å². The summed E-state index contributed by atoms with van der Waals surface area (Å²) in [5.74, 6) is -0.509. The van der Waals surface area contributed by atoms with Gasteiger partial charge in [0.25, 0.3) is 0 Å². The molecule has 0 saturated heterocycles. The Morgan fingerprint density at radius 1 is 1.50 bits per heavy atom. The van der Waals surface area contributed by atoms with Crippen molar-refractivity contribution in [1.82, 2.24) is 15.0 Å². The fourth-order valence-electron chi connectivity index (χ4n) is 1.24. The normalized spacial score (nSPS) is 11.5. The molecule has 0 unspecified atom stereocenters. The zero-order chi connectivity index (χ0) is 13.8. The molecule has 4 N–H and O–H groups in total. The van der Waals surface area contributed by atoms with Gasteiger partial charge in [0.1, 0.15) is 10.7 Å². The predicted octanol–water partition coefficient (Wildman–Crippen LogP) is -0.533. The fraction of sp³-hybridized carbons (Fsp3) is 0.400. The third-order valence-corrected chi connectivity index (χ3v) is 3.41. The van der Waals surface area contributed by atoms with Crippen LogP contribution in [0.2, 0.25) is 0 Å². The molecule has 0 aromatic carbocycles. The number of sulfonamides is 1. The molecule has 1 heterocycles. The van der Waals surface area contributed by atoms with Crippen molar-refractivity contribution >= 4 is 21.7 Å². The highest BCUT2D eigenvalue weighted by atomic mass is 32.2. The number of nitrogens with two attached hydrogens (primary N) is 1. The lowest BCUT2D eigenvalue weighted by atomic mass is 10.4. The van der Waals surface area contributed by atoms with Crippen molar-refractivity contribution in [1.29, 1.82) is 0 Å². The van der Waals surface area contributed by atoms with Crippen LogP contribution in [0.5, 0.6) is 0 Å². The van der Waals surface area contributed by atoms with E-state index in [0.717, 1.165) is 0 Å². The molecule has 0 fully saturated rings. The number of rotatable bonds is 5. The Balaban J connectivity index is 2.72. The molecule has 1 amide bonds. The van der Waals surface area contributed by atoms with E-state index in [1.54, 1.807) is 13.8 Å². The van der Waals surface area contributed by atoms with Crippen molar-refractivity contribution in [2.75, 3.05) is 12.3 Å². The summed E-state index contributed by atoms with van der Waals surface area (Å²) < 4.78 is 25.8. The first-order valence-electron chi connectivity index (χ1n) is 5.32. The van der Waals surface area contributed by atoms with Crippen molar-refractivity contribution in [3.8, 4) is 0 Å². The second-order valence-corrected chi connectivity index (χ2v) is 5.67. The number of hydrogen-bond acceptors (Lipinski definition) is 5. The number of amides is 1. The van der Waals surface area contributed by atoms with E-state index in [1.807, 2.05) is 0 Å². The van der Waals surface area contributed by atoms with Gasteiger partial charge in [-0.2, -0.15) is 0 Å². The number of pyridine rings is 1. The number of carbonyl (C=O) groups is 1. The maximum absolute atomic E-state index is 11.8. The number of hydrogen-bond donors (Lipinski definition) is 3. The van der Waals surface area contributed by atoms with Crippen molar-refractivity contribution in [2.24, 2.45) is 0 Å². The Morgan fingerprint density at radius 3 is 2.72 bits per heavy atom. The second kappa shape index (κ2) is 5.78. The molecule has 1 aromatic rings. The monoisotopic (exact) mass is 272 g/mol. The Morgan fingerprint density at radius 2 is 2.17 bits per heavy atom. The molecular weight excluding hydrogens is 256 g/mol. The molecule has 0 bridgehead atoms. The van der Waals surface area contributed by atoms with Crippen molar-refractivity contribution in [2.45, 2.75) is 24.8 Å². The van der Waals surface area contributed by atoms with Gasteiger partial charge in [0, 0.05) is 12.2 Å². The molecule has 8 heteroatoms. The molecule has 0 saturated carbocycles. The summed E-state index contributed by atoms with van der Waals surface area (Å²) in [4.78, 5) is 14.9. The van der Waals surface area contributed by atoms with E-state index in [-0.39, 0.29) is 23.3 Å². The van der Waals surface area contributed by atoms with Gasteiger partial charge >= 0.3 is 0 Å². The number of carbonyl (C=O) groups excluding carboxylic acids is 1. The Bertz CT molecular complexity index is 528. The summed E-state index contributed by atoms with van der Waals surface area (Å²) >= 11 is 0. The third kappa shape index (κ3) is 3.97. The van der Waals surface area contributed by atoms with E-state index in [2.05, 4.69) is 15.0 Å². The van der Waals surface area contributed by atoms with Gasteiger partial charge in [0.2, 0.25) is 15.9 Å². The molecule has 0 spiro atoms.